The van der Waals surface area contributed by atoms with Crippen LogP contribution < -0.4 is 5.84 Å². The van der Waals surface area contributed by atoms with E-state index in [0.29, 0.717) is 5.56 Å². The van der Waals surface area contributed by atoms with Gasteiger partial charge in [0, 0.05) is 18.0 Å². The predicted octanol–water partition coefficient (Wildman–Crippen LogP) is 1.01. The summed E-state index contributed by atoms with van der Waals surface area (Å²) in [5, 5.41) is 8.07. The molecule has 0 fully saturated rings. The number of hydrazone groups is 1. The Hall–Kier alpha value is -1.91. The van der Waals surface area contributed by atoms with E-state index in [-0.39, 0.29) is 5.82 Å². The van der Waals surface area contributed by atoms with E-state index in [4.69, 9.17) is 5.84 Å². The van der Waals surface area contributed by atoms with Gasteiger partial charge in [-0.3, -0.25) is 4.68 Å². The summed E-state index contributed by atoms with van der Waals surface area (Å²) in [5.74, 6) is 4.62. The highest BCUT2D eigenvalue weighted by molar-refractivity contribution is 5.88. The third-order valence-corrected chi connectivity index (χ3v) is 2.08. The van der Waals surface area contributed by atoms with E-state index in [0.717, 1.165) is 10.9 Å². The molecule has 4 nitrogen and oxygen atoms in total. The summed E-state index contributed by atoms with van der Waals surface area (Å²) in [5.41, 5.74) is 1.21. The summed E-state index contributed by atoms with van der Waals surface area (Å²) >= 11 is 0. The molecule has 14 heavy (non-hydrogen) atoms. The van der Waals surface area contributed by atoms with E-state index < -0.39 is 0 Å². The molecular formula is C9H9FN4. The molecule has 5 heteroatoms. The highest BCUT2D eigenvalue weighted by atomic mass is 19.1. The van der Waals surface area contributed by atoms with Gasteiger partial charge in [0.1, 0.15) is 5.82 Å². The molecule has 2 aromatic rings. The van der Waals surface area contributed by atoms with Gasteiger partial charge in [0.05, 0.1) is 17.9 Å². The SMILES string of the molecule is Cn1ncc2cc(F)c(C=NN)cc21. The van der Waals surface area contributed by atoms with Crippen LogP contribution in [0.25, 0.3) is 10.9 Å². The number of benzene rings is 1. The minimum atomic E-state index is -0.347. The Bertz CT molecular complexity index is 501. The Morgan fingerprint density at radius 1 is 1.57 bits per heavy atom. The van der Waals surface area contributed by atoms with Crippen LogP contribution in [0, 0.1) is 5.82 Å². The van der Waals surface area contributed by atoms with Gasteiger partial charge in [-0.1, -0.05) is 0 Å². The lowest BCUT2D eigenvalue weighted by atomic mass is 10.1. The fourth-order valence-electron chi connectivity index (χ4n) is 1.37. The largest absolute Gasteiger partial charge is 0.323 e. The second-order valence-corrected chi connectivity index (χ2v) is 2.98. The normalized spacial score (nSPS) is 11.6. The zero-order valence-corrected chi connectivity index (χ0v) is 7.61. The van der Waals surface area contributed by atoms with Gasteiger partial charge in [-0.2, -0.15) is 10.2 Å². The molecule has 2 N–H and O–H groups in total. The zero-order chi connectivity index (χ0) is 10.1. The van der Waals surface area contributed by atoms with Gasteiger partial charge in [-0.15, -0.1) is 0 Å². The minimum Gasteiger partial charge on any atom is -0.323 e. The molecular weight excluding hydrogens is 183 g/mol. The van der Waals surface area contributed by atoms with Gasteiger partial charge in [-0.05, 0) is 12.1 Å². The Morgan fingerprint density at radius 2 is 2.36 bits per heavy atom. The van der Waals surface area contributed by atoms with E-state index in [1.807, 2.05) is 0 Å². The molecule has 0 aliphatic heterocycles. The number of aryl methyl sites for hydroxylation is 1. The van der Waals surface area contributed by atoms with Crippen molar-refractivity contribution >= 4 is 17.1 Å². The van der Waals surface area contributed by atoms with Gasteiger partial charge < -0.3 is 5.84 Å². The van der Waals surface area contributed by atoms with Crippen LogP contribution in [0.15, 0.2) is 23.4 Å². The highest BCUT2D eigenvalue weighted by Gasteiger charge is 2.05. The number of halogens is 1. The molecule has 0 aliphatic carbocycles. The predicted molar refractivity (Wildman–Crippen MR) is 52.5 cm³/mol. The highest BCUT2D eigenvalue weighted by Crippen LogP contribution is 2.17. The second kappa shape index (κ2) is 3.10. The quantitative estimate of drug-likeness (QED) is 0.416. The molecule has 0 spiro atoms. The van der Waals surface area contributed by atoms with Crippen LogP contribution >= 0.6 is 0 Å². The van der Waals surface area contributed by atoms with Gasteiger partial charge in [0.2, 0.25) is 0 Å². The Balaban J connectivity index is 2.73. The lowest BCUT2D eigenvalue weighted by molar-refractivity contribution is 0.627. The van der Waals surface area contributed by atoms with Crippen molar-refractivity contribution < 1.29 is 4.39 Å². The number of hydrogen-bond acceptors (Lipinski definition) is 3. The average Bonchev–Trinajstić information content (AvgIpc) is 2.49. The summed E-state index contributed by atoms with van der Waals surface area (Å²) in [7, 11) is 1.80. The molecule has 1 heterocycles. The minimum absolute atomic E-state index is 0.347. The van der Waals surface area contributed by atoms with E-state index in [1.54, 1.807) is 24.0 Å². The number of hydrogen-bond donors (Lipinski definition) is 1. The lowest BCUT2D eigenvalue weighted by Gasteiger charge is -1.98. The van der Waals surface area contributed by atoms with E-state index in [1.165, 1.54) is 12.3 Å². The average molecular weight is 192 g/mol. The smallest absolute Gasteiger partial charge is 0.132 e. The summed E-state index contributed by atoms with van der Waals surface area (Å²) in [6.45, 7) is 0. The Labute approximate surface area is 79.8 Å². The Kier molecular flexibility index (Phi) is 1.92. The maximum absolute atomic E-state index is 13.3. The zero-order valence-electron chi connectivity index (χ0n) is 7.61. The van der Waals surface area contributed by atoms with Crippen molar-refractivity contribution in [2.24, 2.45) is 18.0 Å². The lowest BCUT2D eigenvalue weighted by Crippen LogP contribution is -1.94. The van der Waals surface area contributed by atoms with Crippen molar-refractivity contribution in [1.29, 1.82) is 0 Å². The van der Waals surface area contributed by atoms with Gasteiger partial charge >= 0.3 is 0 Å². The van der Waals surface area contributed by atoms with Crippen LogP contribution in [0.5, 0.6) is 0 Å². The fraction of sp³-hybridized carbons (Fsp3) is 0.111. The van der Waals surface area contributed by atoms with Crippen molar-refractivity contribution in [2.45, 2.75) is 0 Å². The summed E-state index contributed by atoms with van der Waals surface area (Å²) < 4.78 is 15.0. The first-order chi connectivity index (χ1) is 6.72. The molecule has 0 unspecified atom stereocenters. The van der Waals surface area contributed by atoms with Crippen LogP contribution in [0.2, 0.25) is 0 Å². The third kappa shape index (κ3) is 1.22. The van der Waals surface area contributed by atoms with Crippen LogP contribution in [-0.4, -0.2) is 16.0 Å². The number of rotatable bonds is 1. The monoisotopic (exact) mass is 192 g/mol. The van der Waals surface area contributed by atoms with E-state index in [9.17, 15) is 4.39 Å². The molecule has 0 saturated heterocycles. The standard InChI is InChI=1S/C9H9FN4/c1-14-9-3-6(4-12-11)8(10)2-7(9)5-13-14/h2-5H,11H2,1H3. The molecule has 0 radical (unpaired) electrons. The van der Waals surface area contributed by atoms with E-state index >= 15 is 0 Å². The van der Waals surface area contributed by atoms with Crippen molar-refractivity contribution in [1.82, 2.24) is 9.78 Å². The molecule has 0 amide bonds. The fourth-order valence-corrected chi connectivity index (χ4v) is 1.37. The molecule has 1 aromatic carbocycles. The summed E-state index contributed by atoms with van der Waals surface area (Å²) in [6.07, 6.45) is 2.89. The first-order valence-corrected chi connectivity index (χ1v) is 4.07. The van der Waals surface area contributed by atoms with Gasteiger partial charge in [0.25, 0.3) is 0 Å². The molecule has 0 bridgehead atoms. The van der Waals surface area contributed by atoms with Gasteiger partial charge in [-0.25, -0.2) is 4.39 Å². The van der Waals surface area contributed by atoms with E-state index in [2.05, 4.69) is 10.2 Å². The number of nitrogens with zero attached hydrogens (tertiary/aromatic N) is 3. The summed E-state index contributed by atoms with van der Waals surface area (Å²) in [6, 6.07) is 3.08. The van der Waals surface area contributed by atoms with Crippen LogP contribution in [0.1, 0.15) is 5.56 Å². The van der Waals surface area contributed by atoms with Crippen molar-refractivity contribution in [3.8, 4) is 0 Å². The second-order valence-electron chi connectivity index (χ2n) is 2.98. The molecule has 1 aromatic heterocycles. The van der Waals surface area contributed by atoms with Crippen molar-refractivity contribution in [3.63, 3.8) is 0 Å². The first-order valence-electron chi connectivity index (χ1n) is 4.07. The van der Waals surface area contributed by atoms with Crippen molar-refractivity contribution in [2.75, 3.05) is 0 Å². The Morgan fingerprint density at radius 3 is 3.07 bits per heavy atom. The maximum atomic E-state index is 13.3. The number of aromatic nitrogens is 2. The topological polar surface area (TPSA) is 56.2 Å². The van der Waals surface area contributed by atoms with Crippen LogP contribution in [0.4, 0.5) is 4.39 Å². The number of fused-ring (bicyclic) bond motifs is 1. The molecule has 72 valence electrons. The van der Waals surface area contributed by atoms with Gasteiger partial charge in [0.15, 0.2) is 0 Å². The maximum Gasteiger partial charge on any atom is 0.132 e. The third-order valence-electron chi connectivity index (χ3n) is 2.08. The number of nitrogens with two attached hydrogens (primary N) is 1. The summed E-state index contributed by atoms with van der Waals surface area (Å²) in [4.78, 5) is 0. The molecule has 0 aliphatic rings. The van der Waals surface area contributed by atoms with Crippen LogP contribution in [-0.2, 0) is 7.05 Å². The molecule has 0 atom stereocenters. The first kappa shape index (κ1) is 8.68. The molecule has 2 rings (SSSR count). The van der Waals surface area contributed by atoms with Crippen molar-refractivity contribution in [3.05, 3.63) is 29.7 Å². The molecule has 0 saturated carbocycles. The van der Waals surface area contributed by atoms with Crippen LogP contribution in [0.3, 0.4) is 0 Å².